The third-order valence-electron chi connectivity index (χ3n) is 5.51. The van der Waals surface area contributed by atoms with Crippen molar-refractivity contribution >= 4 is 23.5 Å². The molecule has 2 heterocycles. The Bertz CT molecular complexity index is 1490. The molecule has 0 saturated heterocycles. The van der Waals surface area contributed by atoms with E-state index in [4.69, 9.17) is 11.6 Å². The predicted octanol–water partition coefficient (Wildman–Crippen LogP) is 5.54. The number of nitrogens with zero attached hydrogens (tertiary/aromatic N) is 5. The molecule has 9 heteroatoms. The van der Waals surface area contributed by atoms with Crippen molar-refractivity contribution in [1.29, 1.82) is 0 Å². The van der Waals surface area contributed by atoms with Crippen molar-refractivity contribution in [3.63, 3.8) is 0 Å². The van der Waals surface area contributed by atoms with Gasteiger partial charge in [-0.05, 0) is 66.6 Å². The number of nitrogens with one attached hydrogen (secondary N) is 1. The Labute approximate surface area is 211 Å². The number of benzene rings is 3. The van der Waals surface area contributed by atoms with Crippen molar-refractivity contribution in [1.82, 2.24) is 25.0 Å². The zero-order chi connectivity index (χ0) is 24.9. The van der Waals surface area contributed by atoms with Gasteiger partial charge in [0.25, 0.3) is 5.91 Å². The lowest BCUT2D eigenvalue weighted by molar-refractivity contribution is 0.0945. The van der Waals surface area contributed by atoms with E-state index in [1.807, 2.05) is 18.2 Å². The van der Waals surface area contributed by atoms with Crippen LogP contribution in [0.1, 0.15) is 15.9 Å². The highest BCUT2D eigenvalue weighted by molar-refractivity contribution is 6.30. The second-order valence-electron chi connectivity index (χ2n) is 7.95. The maximum Gasteiger partial charge on any atom is 0.280 e. The summed E-state index contributed by atoms with van der Waals surface area (Å²) in [5, 5.41) is 12.1. The smallest absolute Gasteiger partial charge is 0.280 e. The van der Waals surface area contributed by atoms with Crippen LogP contribution in [0.15, 0.2) is 91.1 Å². The number of carbonyl (C=O) groups excluding carboxylic acids is 1. The highest BCUT2D eigenvalue weighted by atomic mass is 35.5. The van der Waals surface area contributed by atoms with Crippen LogP contribution in [0.25, 0.3) is 22.6 Å². The van der Waals surface area contributed by atoms with E-state index in [1.54, 1.807) is 48.7 Å². The monoisotopic (exact) mass is 498 g/mol. The standard InChI is InChI=1S/C27H20ClFN6O/c28-21-10-6-20(7-11-21)26(36)35-25(24(33-34-35)19-8-12-22(29)13-9-19)23-15-17-31-27(32-23)30-16-14-18-4-2-1-3-5-18/h1-13,15,17H,14,16H2,(H,30,31,32). The average molecular weight is 499 g/mol. The molecule has 0 unspecified atom stereocenters. The lowest BCUT2D eigenvalue weighted by Crippen LogP contribution is -2.16. The molecule has 0 aliphatic rings. The second kappa shape index (κ2) is 10.5. The summed E-state index contributed by atoms with van der Waals surface area (Å²) in [6.07, 6.45) is 2.40. The van der Waals surface area contributed by atoms with Gasteiger partial charge in [0.2, 0.25) is 5.95 Å². The van der Waals surface area contributed by atoms with E-state index in [9.17, 15) is 9.18 Å². The molecule has 7 nitrogen and oxygen atoms in total. The van der Waals surface area contributed by atoms with Crippen molar-refractivity contribution in [2.24, 2.45) is 0 Å². The fourth-order valence-corrected chi connectivity index (χ4v) is 3.84. The summed E-state index contributed by atoms with van der Waals surface area (Å²) >= 11 is 5.98. The average Bonchev–Trinajstić information content (AvgIpc) is 3.35. The molecule has 0 bridgehead atoms. The van der Waals surface area contributed by atoms with E-state index in [0.29, 0.717) is 45.7 Å². The van der Waals surface area contributed by atoms with Crippen molar-refractivity contribution in [2.45, 2.75) is 6.42 Å². The van der Waals surface area contributed by atoms with E-state index in [0.717, 1.165) is 6.42 Å². The first kappa shape index (κ1) is 23.3. The second-order valence-corrected chi connectivity index (χ2v) is 8.38. The summed E-state index contributed by atoms with van der Waals surface area (Å²) in [6, 6.07) is 24.1. The summed E-state index contributed by atoms with van der Waals surface area (Å²) in [5.41, 5.74) is 3.38. The Morgan fingerprint density at radius 3 is 2.44 bits per heavy atom. The fraction of sp³-hybridized carbons (Fsp3) is 0.0741. The Hall–Kier alpha value is -4.43. The van der Waals surface area contributed by atoms with E-state index in [2.05, 4.69) is 37.7 Å². The lowest BCUT2D eigenvalue weighted by Gasteiger charge is -2.10. The minimum Gasteiger partial charge on any atom is -0.354 e. The van der Waals surface area contributed by atoms with E-state index >= 15 is 0 Å². The summed E-state index contributed by atoms with van der Waals surface area (Å²) in [5.74, 6) is -0.378. The molecule has 0 saturated carbocycles. The van der Waals surface area contributed by atoms with Crippen LogP contribution in [-0.2, 0) is 6.42 Å². The van der Waals surface area contributed by atoms with Crippen molar-refractivity contribution in [3.8, 4) is 22.6 Å². The van der Waals surface area contributed by atoms with E-state index in [1.165, 1.54) is 22.4 Å². The first-order valence-electron chi connectivity index (χ1n) is 11.2. The van der Waals surface area contributed by atoms with Gasteiger partial charge in [-0.1, -0.05) is 47.1 Å². The molecular formula is C27H20ClFN6O. The molecule has 0 aliphatic carbocycles. The van der Waals surface area contributed by atoms with Crippen LogP contribution in [0.2, 0.25) is 5.02 Å². The van der Waals surface area contributed by atoms with Gasteiger partial charge in [0.15, 0.2) is 0 Å². The number of aromatic nitrogens is 5. The number of hydrogen-bond donors (Lipinski definition) is 1. The van der Waals surface area contributed by atoms with Crippen LogP contribution in [0.5, 0.6) is 0 Å². The minimum absolute atomic E-state index is 0.370. The molecule has 5 rings (SSSR count). The van der Waals surface area contributed by atoms with Crippen molar-refractivity contribution in [3.05, 3.63) is 113 Å². The molecular weight excluding hydrogens is 479 g/mol. The molecule has 0 spiro atoms. The van der Waals surface area contributed by atoms with Gasteiger partial charge in [0.05, 0.1) is 5.69 Å². The molecule has 1 N–H and O–H groups in total. The third-order valence-corrected chi connectivity index (χ3v) is 5.76. The predicted molar refractivity (Wildman–Crippen MR) is 136 cm³/mol. The maximum atomic E-state index is 13.6. The summed E-state index contributed by atoms with van der Waals surface area (Å²) in [7, 11) is 0. The van der Waals surface area contributed by atoms with Crippen molar-refractivity contribution in [2.75, 3.05) is 11.9 Å². The summed E-state index contributed by atoms with van der Waals surface area (Å²) < 4.78 is 14.8. The largest absolute Gasteiger partial charge is 0.354 e. The molecule has 0 amide bonds. The molecule has 0 radical (unpaired) electrons. The highest BCUT2D eigenvalue weighted by Crippen LogP contribution is 2.30. The minimum atomic E-state index is -0.403. The van der Waals surface area contributed by atoms with Crippen LogP contribution in [0, 0.1) is 5.82 Å². The molecule has 0 atom stereocenters. The number of halogens is 2. The van der Waals surface area contributed by atoms with Gasteiger partial charge < -0.3 is 5.32 Å². The molecule has 3 aromatic carbocycles. The van der Waals surface area contributed by atoms with Crippen LogP contribution in [0.4, 0.5) is 10.3 Å². The number of anilines is 1. The molecule has 0 aliphatic heterocycles. The normalized spacial score (nSPS) is 10.8. The summed E-state index contributed by atoms with van der Waals surface area (Å²) in [4.78, 5) is 22.3. The molecule has 2 aromatic heterocycles. The number of rotatable bonds is 7. The Kier molecular flexibility index (Phi) is 6.77. The molecule has 36 heavy (non-hydrogen) atoms. The molecule has 178 valence electrons. The molecule has 0 fully saturated rings. The van der Waals surface area contributed by atoms with Gasteiger partial charge in [-0.3, -0.25) is 4.79 Å². The van der Waals surface area contributed by atoms with Crippen molar-refractivity contribution < 1.29 is 9.18 Å². The number of carbonyl (C=O) groups is 1. The maximum absolute atomic E-state index is 13.6. The highest BCUT2D eigenvalue weighted by Gasteiger charge is 2.23. The quantitative estimate of drug-likeness (QED) is 0.317. The van der Waals surface area contributed by atoms with E-state index < -0.39 is 5.91 Å². The summed E-state index contributed by atoms with van der Waals surface area (Å²) in [6.45, 7) is 0.625. The Morgan fingerprint density at radius 2 is 1.69 bits per heavy atom. The Balaban J connectivity index is 1.51. The third kappa shape index (κ3) is 5.13. The van der Waals surface area contributed by atoms with Crippen LogP contribution in [-0.4, -0.2) is 37.4 Å². The van der Waals surface area contributed by atoms with Gasteiger partial charge in [0.1, 0.15) is 17.2 Å². The number of hydrogen-bond acceptors (Lipinski definition) is 6. The SMILES string of the molecule is O=C(c1ccc(Cl)cc1)n1nnc(-c2ccc(F)cc2)c1-c1ccnc(NCCc2ccccc2)n1. The Morgan fingerprint density at radius 1 is 0.944 bits per heavy atom. The topological polar surface area (TPSA) is 85.6 Å². The zero-order valence-electron chi connectivity index (χ0n) is 19.0. The lowest BCUT2D eigenvalue weighted by atomic mass is 10.1. The van der Waals surface area contributed by atoms with Gasteiger partial charge >= 0.3 is 0 Å². The molecule has 5 aromatic rings. The van der Waals surface area contributed by atoms with Crippen LogP contribution < -0.4 is 5.32 Å². The van der Waals surface area contributed by atoms with Gasteiger partial charge in [0, 0.05) is 28.9 Å². The van der Waals surface area contributed by atoms with Gasteiger partial charge in [-0.15, -0.1) is 5.10 Å². The van der Waals surface area contributed by atoms with Gasteiger partial charge in [-0.25, -0.2) is 14.4 Å². The van der Waals surface area contributed by atoms with Gasteiger partial charge in [-0.2, -0.15) is 4.68 Å². The van der Waals surface area contributed by atoms with Crippen LogP contribution in [0.3, 0.4) is 0 Å². The first-order valence-corrected chi connectivity index (χ1v) is 11.6. The first-order chi connectivity index (χ1) is 17.6. The van der Waals surface area contributed by atoms with Crippen LogP contribution >= 0.6 is 11.6 Å². The zero-order valence-corrected chi connectivity index (χ0v) is 19.7. The fourth-order valence-electron chi connectivity index (χ4n) is 3.71. The van der Waals surface area contributed by atoms with E-state index in [-0.39, 0.29) is 5.82 Å².